The fourth-order valence-corrected chi connectivity index (χ4v) is 0. The third-order valence-electron chi connectivity index (χ3n) is 0.228. The standard InChI is InChI=1S/C2H3O2.C2H4O2.Hg/c1-4-2-3;1-2(3)4;/h1H3;1H3,(H,3,4);. The van der Waals surface area contributed by atoms with Crippen LogP contribution in [-0.4, -0.2) is 21.7 Å². The second kappa shape index (κ2) is 7.88. The number of carboxylic acid groups (broad SMARTS) is 1. The van der Waals surface area contributed by atoms with Gasteiger partial charge in [-0.05, 0) is 0 Å². The molecule has 49 valence electrons. The summed E-state index contributed by atoms with van der Waals surface area (Å²) in [7, 11) is 1.40. The molecule has 0 rings (SSSR count). The molecule has 0 saturated carbocycles. The first-order valence-corrected chi connectivity index (χ1v) is 4.85. The predicted octanol–water partition coefficient (Wildman–Crippen LogP) is 0.391. The molecule has 4 nitrogen and oxygen atoms in total. The summed E-state index contributed by atoms with van der Waals surface area (Å²) in [5.41, 5.74) is 0. The first-order valence-electron chi connectivity index (χ1n) is 2.10. The van der Waals surface area contributed by atoms with Crippen molar-refractivity contribution in [3.8, 4) is 0 Å². The molecular formula is C4H7HgO4. The normalized spacial score (nSPS) is 6.67. The van der Waals surface area contributed by atoms with Gasteiger partial charge >= 0.3 is 46.2 Å². The van der Waals surface area contributed by atoms with Gasteiger partial charge in [-0.15, -0.1) is 0 Å². The van der Waals surface area contributed by atoms with Crippen molar-refractivity contribution in [1.29, 1.82) is 0 Å². The second-order valence-corrected chi connectivity index (χ2v) is 3.34. The summed E-state index contributed by atoms with van der Waals surface area (Å²) in [6, 6.07) is 0. The van der Waals surface area contributed by atoms with Crippen LogP contribution in [0.2, 0.25) is 0 Å². The van der Waals surface area contributed by atoms with Gasteiger partial charge in [-0.25, -0.2) is 0 Å². The Morgan fingerprint density at radius 1 is 1.56 bits per heavy atom. The summed E-state index contributed by atoms with van der Waals surface area (Å²) < 4.78 is 4.15. The van der Waals surface area contributed by atoms with Crippen LogP contribution in [0.1, 0.15) is 6.92 Å². The Labute approximate surface area is 69.2 Å². The van der Waals surface area contributed by atoms with Crippen LogP contribution >= 0.6 is 0 Å². The van der Waals surface area contributed by atoms with Gasteiger partial charge in [-0.3, -0.25) is 4.79 Å². The van der Waals surface area contributed by atoms with E-state index in [1.54, 1.807) is 0 Å². The van der Waals surface area contributed by atoms with Crippen LogP contribution < -0.4 is 0 Å². The first-order chi connectivity index (χ1) is 4.00. The van der Waals surface area contributed by atoms with Crippen LogP contribution in [0.5, 0.6) is 0 Å². The van der Waals surface area contributed by atoms with Gasteiger partial charge in [0.25, 0.3) is 5.97 Å². The third kappa shape index (κ3) is 77.3. The molecule has 0 aromatic rings. The van der Waals surface area contributed by atoms with Crippen molar-refractivity contribution < 1.29 is 45.6 Å². The van der Waals surface area contributed by atoms with E-state index in [4.69, 9.17) is 9.90 Å². The van der Waals surface area contributed by atoms with Gasteiger partial charge in [-0.1, -0.05) is 0 Å². The Hall–Kier alpha value is -0.125. The Kier molecular flexibility index (Phi) is 10.2. The Bertz CT molecular complexity index is 96.7. The van der Waals surface area contributed by atoms with E-state index in [-0.39, 0.29) is 29.6 Å². The number of methoxy groups -OCH3 is 1. The van der Waals surface area contributed by atoms with E-state index in [9.17, 15) is 4.79 Å². The number of carbonyl (C=O) groups is 2. The molecule has 0 saturated heterocycles. The molecule has 5 heteroatoms. The first kappa shape index (κ1) is 11.6. The van der Waals surface area contributed by atoms with E-state index in [1.807, 2.05) is 0 Å². The summed E-state index contributed by atoms with van der Waals surface area (Å²) in [4.78, 5) is 18.7. The molecule has 0 aromatic heterocycles. The van der Waals surface area contributed by atoms with Gasteiger partial charge in [0.05, 0.1) is 0 Å². The van der Waals surface area contributed by atoms with E-state index in [0.717, 1.165) is 6.92 Å². The third-order valence-corrected chi connectivity index (χ3v) is 1.35. The van der Waals surface area contributed by atoms with Crippen molar-refractivity contribution in [2.75, 3.05) is 7.11 Å². The molecule has 9 heavy (non-hydrogen) atoms. The Morgan fingerprint density at radius 3 is 1.67 bits per heavy atom. The van der Waals surface area contributed by atoms with Crippen molar-refractivity contribution >= 4 is 9.45 Å². The number of carboxylic acids is 1. The Balaban J connectivity index is 0. The van der Waals surface area contributed by atoms with Crippen LogP contribution in [0.25, 0.3) is 0 Å². The van der Waals surface area contributed by atoms with E-state index < -0.39 is 5.97 Å². The molecule has 0 heterocycles. The van der Waals surface area contributed by atoms with E-state index >= 15 is 0 Å². The molecular weight excluding hydrogens is 313 g/mol. The number of aliphatic carboxylic acids is 1. The Morgan fingerprint density at radius 2 is 1.67 bits per heavy atom. The second-order valence-electron chi connectivity index (χ2n) is 1.10. The van der Waals surface area contributed by atoms with E-state index in [0.29, 0.717) is 0 Å². The average Bonchev–Trinajstić information content (AvgIpc) is 1.65. The molecule has 0 fully saturated rings. The van der Waals surface area contributed by atoms with Crippen LogP contribution in [0.15, 0.2) is 0 Å². The van der Waals surface area contributed by atoms with E-state index in [1.165, 1.54) is 7.11 Å². The minimum absolute atomic E-state index is 0.0509. The van der Waals surface area contributed by atoms with Crippen molar-refractivity contribution in [3.05, 3.63) is 0 Å². The van der Waals surface area contributed by atoms with Crippen molar-refractivity contribution in [2.24, 2.45) is 0 Å². The molecule has 0 radical (unpaired) electrons. The fraction of sp³-hybridized carbons (Fsp3) is 0.500. The number of hydrogen-bond donors (Lipinski definition) is 1. The summed E-state index contributed by atoms with van der Waals surface area (Å²) in [6.07, 6.45) is 0. The summed E-state index contributed by atoms with van der Waals surface area (Å²) in [5.74, 6) is -0.833. The van der Waals surface area contributed by atoms with E-state index in [2.05, 4.69) is 4.74 Å². The number of carbonyl (C=O) groups excluding carboxylic acids is 1. The fourth-order valence-electron chi connectivity index (χ4n) is 0. The number of rotatable bonds is 0. The SMILES string of the molecule is CC(=O)O.CO[C](=O)[Hg]. The molecule has 0 unspecified atom stereocenters. The van der Waals surface area contributed by atoms with Gasteiger partial charge in [-0.2, -0.15) is 0 Å². The quantitative estimate of drug-likeness (QED) is 0.656. The average molecular weight is 320 g/mol. The minimum atomic E-state index is -0.833. The molecule has 0 aliphatic rings. The van der Waals surface area contributed by atoms with Gasteiger partial charge < -0.3 is 5.11 Å². The molecule has 1 N–H and O–H groups in total. The predicted molar refractivity (Wildman–Crippen MR) is 25.7 cm³/mol. The van der Waals surface area contributed by atoms with Gasteiger partial charge in [0.2, 0.25) is 0 Å². The van der Waals surface area contributed by atoms with Gasteiger partial charge in [0, 0.05) is 6.92 Å². The topological polar surface area (TPSA) is 63.6 Å². The zero-order valence-corrected chi connectivity index (χ0v) is 10.9. The van der Waals surface area contributed by atoms with Crippen LogP contribution in [-0.2, 0) is 35.7 Å². The van der Waals surface area contributed by atoms with Crippen molar-refractivity contribution in [2.45, 2.75) is 6.92 Å². The molecule has 0 aliphatic heterocycles. The van der Waals surface area contributed by atoms with Crippen molar-refractivity contribution in [3.63, 3.8) is 0 Å². The molecule has 0 atom stereocenters. The van der Waals surface area contributed by atoms with Gasteiger partial charge in [0.1, 0.15) is 0 Å². The van der Waals surface area contributed by atoms with Crippen LogP contribution in [0.4, 0.5) is 4.79 Å². The maximum absolute atomic E-state index is 9.68. The van der Waals surface area contributed by atoms with Gasteiger partial charge in [0.15, 0.2) is 0 Å². The van der Waals surface area contributed by atoms with Crippen LogP contribution in [0, 0.1) is 0 Å². The molecule has 0 bridgehead atoms. The monoisotopic (exact) mass is 321 g/mol. The summed E-state index contributed by atoms with van der Waals surface area (Å²) in [6.45, 7) is 1.08. The zero-order chi connectivity index (χ0) is 7.86. The summed E-state index contributed by atoms with van der Waals surface area (Å²) in [5, 5.41) is 7.42. The zero-order valence-electron chi connectivity index (χ0n) is 5.38. The molecule has 0 aliphatic carbocycles. The summed E-state index contributed by atoms with van der Waals surface area (Å²) >= 11 is 0.167. The number of hydrogen-bond acceptors (Lipinski definition) is 3. The number of ether oxygens (including phenoxy) is 1. The molecule has 0 amide bonds. The molecule has 0 spiro atoms. The van der Waals surface area contributed by atoms with Crippen LogP contribution in [0.3, 0.4) is 0 Å². The molecule has 0 aromatic carbocycles. The maximum atomic E-state index is 9.68. The van der Waals surface area contributed by atoms with Crippen molar-refractivity contribution in [1.82, 2.24) is 0 Å².